The van der Waals surface area contributed by atoms with E-state index in [2.05, 4.69) is 15.2 Å². The monoisotopic (exact) mass is 297 g/mol. The van der Waals surface area contributed by atoms with Crippen LogP contribution in [0, 0.1) is 6.92 Å². The second-order valence-electron chi connectivity index (χ2n) is 5.47. The highest BCUT2D eigenvalue weighted by molar-refractivity contribution is 5.77. The molecule has 112 valence electrons. The maximum atomic E-state index is 11.6. The molecule has 0 radical (unpaired) electrons. The first-order valence-corrected chi connectivity index (χ1v) is 7.27. The van der Waals surface area contributed by atoms with E-state index in [0.29, 0.717) is 30.4 Å². The topological polar surface area (TPSA) is 76.5 Å². The minimum atomic E-state index is 0.148. The van der Waals surface area contributed by atoms with Crippen molar-refractivity contribution in [2.24, 2.45) is 0 Å². The molecule has 7 heteroatoms. The molecule has 0 saturated carbocycles. The van der Waals surface area contributed by atoms with Crippen LogP contribution >= 0.6 is 0 Å². The van der Waals surface area contributed by atoms with E-state index in [-0.39, 0.29) is 5.91 Å². The van der Waals surface area contributed by atoms with Crippen molar-refractivity contribution >= 4 is 11.4 Å². The van der Waals surface area contributed by atoms with Crippen LogP contribution in [0.5, 0.6) is 0 Å². The van der Waals surface area contributed by atoms with Crippen LogP contribution < -0.4 is 0 Å². The highest BCUT2D eigenvalue weighted by Gasteiger charge is 2.22. The zero-order valence-corrected chi connectivity index (χ0v) is 12.2. The number of hydrogen-bond donors (Lipinski definition) is 0. The molecule has 3 aromatic heterocycles. The van der Waals surface area contributed by atoms with Crippen LogP contribution in [0.1, 0.15) is 24.4 Å². The van der Waals surface area contributed by atoms with Gasteiger partial charge < -0.3 is 9.42 Å². The van der Waals surface area contributed by atoms with Crippen LogP contribution in [0.4, 0.5) is 0 Å². The van der Waals surface area contributed by atoms with E-state index in [1.807, 2.05) is 35.7 Å². The number of hydrogen-bond acceptors (Lipinski definition) is 5. The molecule has 4 heterocycles. The van der Waals surface area contributed by atoms with Crippen molar-refractivity contribution in [3.8, 4) is 11.6 Å². The summed E-state index contributed by atoms with van der Waals surface area (Å²) in [5, 5.41) is 8.44. The van der Waals surface area contributed by atoms with Gasteiger partial charge in [0.15, 0.2) is 11.5 Å². The number of rotatable bonds is 3. The molecule has 1 saturated heterocycles. The first kappa shape index (κ1) is 13.0. The fourth-order valence-electron chi connectivity index (χ4n) is 2.72. The van der Waals surface area contributed by atoms with Gasteiger partial charge in [-0.3, -0.25) is 4.79 Å². The molecule has 0 aromatic carbocycles. The summed E-state index contributed by atoms with van der Waals surface area (Å²) in [4.78, 5) is 17.7. The molecule has 1 aliphatic heterocycles. The molecule has 0 N–H and O–H groups in total. The van der Waals surface area contributed by atoms with Crippen LogP contribution in [0.25, 0.3) is 17.1 Å². The van der Waals surface area contributed by atoms with E-state index >= 15 is 0 Å². The first-order chi connectivity index (χ1) is 10.7. The lowest BCUT2D eigenvalue weighted by molar-refractivity contribution is -0.128. The summed E-state index contributed by atoms with van der Waals surface area (Å²) in [5.41, 5.74) is 2.65. The molecule has 0 atom stereocenters. The highest BCUT2D eigenvalue weighted by Crippen LogP contribution is 2.20. The molecule has 0 unspecified atom stereocenters. The molecule has 7 nitrogen and oxygen atoms in total. The fourth-order valence-corrected chi connectivity index (χ4v) is 2.72. The van der Waals surface area contributed by atoms with Gasteiger partial charge in [0, 0.05) is 18.7 Å². The van der Waals surface area contributed by atoms with E-state index in [9.17, 15) is 4.79 Å². The van der Waals surface area contributed by atoms with Gasteiger partial charge in [-0.1, -0.05) is 11.2 Å². The van der Waals surface area contributed by atoms with Crippen LogP contribution in [-0.4, -0.2) is 37.1 Å². The first-order valence-electron chi connectivity index (χ1n) is 7.27. The predicted molar refractivity (Wildman–Crippen MR) is 77.9 cm³/mol. The van der Waals surface area contributed by atoms with Gasteiger partial charge in [-0.05, 0) is 31.5 Å². The molecule has 0 aliphatic carbocycles. The number of carbonyl (C=O) groups excluding carboxylic acids is 1. The molecule has 0 spiro atoms. The Morgan fingerprint density at radius 1 is 1.36 bits per heavy atom. The number of fused-ring (bicyclic) bond motifs is 1. The summed E-state index contributed by atoms with van der Waals surface area (Å²) in [6, 6.07) is 7.85. The van der Waals surface area contributed by atoms with Crippen molar-refractivity contribution in [1.29, 1.82) is 0 Å². The third-order valence-corrected chi connectivity index (χ3v) is 3.87. The van der Waals surface area contributed by atoms with Crippen molar-refractivity contribution in [3.63, 3.8) is 0 Å². The van der Waals surface area contributed by atoms with Gasteiger partial charge in [-0.15, -0.1) is 0 Å². The summed E-state index contributed by atoms with van der Waals surface area (Å²) in [5.74, 6) is 1.04. The average molecular weight is 297 g/mol. The fraction of sp³-hybridized carbons (Fsp3) is 0.333. The number of carbonyl (C=O) groups is 1. The van der Waals surface area contributed by atoms with Gasteiger partial charge in [0.05, 0.1) is 12.1 Å². The minimum absolute atomic E-state index is 0.148. The molecular weight excluding hydrogens is 282 g/mol. The third kappa shape index (κ3) is 2.14. The molecule has 0 bridgehead atoms. The highest BCUT2D eigenvalue weighted by atomic mass is 16.5. The Balaban J connectivity index is 1.62. The zero-order chi connectivity index (χ0) is 15.1. The van der Waals surface area contributed by atoms with Gasteiger partial charge in [0.25, 0.3) is 5.89 Å². The molecule has 3 aromatic rings. The largest absolute Gasteiger partial charge is 0.335 e. The lowest BCUT2D eigenvalue weighted by Crippen LogP contribution is -2.24. The quantitative estimate of drug-likeness (QED) is 0.737. The zero-order valence-electron chi connectivity index (χ0n) is 12.2. The van der Waals surface area contributed by atoms with Gasteiger partial charge >= 0.3 is 0 Å². The van der Waals surface area contributed by atoms with E-state index in [1.165, 1.54) is 0 Å². The Kier molecular flexibility index (Phi) is 2.92. The maximum absolute atomic E-state index is 11.6. The number of nitrogens with zero attached hydrogens (tertiary/aromatic N) is 5. The predicted octanol–water partition coefficient (Wildman–Crippen LogP) is 1.82. The Labute approximate surface area is 126 Å². The van der Waals surface area contributed by atoms with Crippen molar-refractivity contribution in [1.82, 2.24) is 24.7 Å². The Bertz CT molecular complexity index is 851. The third-order valence-electron chi connectivity index (χ3n) is 3.87. The second kappa shape index (κ2) is 4.94. The van der Waals surface area contributed by atoms with E-state index < -0.39 is 0 Å². The summed E-state index contributed by atoms with van der Waals surface area (Å²) < 4.78 is 7.13. The number of amides is 1. The van der Waals surface area contributed by atoms with Crippen molar-refractivity contribution in [2.75, 3.05) is 6.54 Å². The molecule has 4 rings (SSSR count). The number of aromatic nitrogens is 4. The van der Waals surface area contributed by atoms with Gasteiger partial charge in [-0.25, -0.2) is 4.52 Å². The molecule has 1 aliphatic rings. The summed E-state index contributed by atoms with van der Waals surface area (Å²) in [6.45, 7) is 3.15. The van der Waals surface area contributed by atoms with Gasteiger partial charge in [0.2, 0.25) is 5.91 Å². The minimum Gasteiger partial charge on any atom is -0.335 e. The Morgan fingerprint density at radius 3 is 3.05 bits per heavy atom. The normalized spacial score (nSPS) is 15.1. The van der Waals surface area contributed by atoms with Crippen LogP contribution in [0.15, 0.2) is 28.8 Å². The van der Waals surface area contributed by atoms with E-state index in [1.54, 1.807) is 4.90 Å². The molecule has 22 heavy (non-hydrogen) atoms. The van der Waals surface area contributed by atoms with Crippen molar-refractivity contribution in [3.05, 3.63) is 35.8 Å². The van der Waals surface area contributed by atoms with Crippen LogP contribution in [0.2, 0.25) is 0 Å². The molecule has 1 amide bonds. The smallest absolute Gasteiger partial charge is 0.278 e. The number of pyridine rings is 1. The SMILES string of the molecule is Cc1cccc2cc(-c3nc(CN4CCCC4=O)no3)nn12. The summed E-state index contributed by atoms with van der Waals surface area (Å²) >= 11 is 0. The van der Waals surface area contributed by atoms with E-state index in [4.69, 9.17) is 4.52 Å². The number of aryl methyl sites for hydroxylation is 1. The van der Waals surface area contributed by atoms with Crippen molar-refractivity contribution < 1.29 is 9.32 Å². The van der Waals surface area contributed by atoms with Gasteiger partial charge in [0.1, 0.15) is 0 Å². The van der Waals surface area contributed by atoms with Crippen molar-refractivity contribution in [2.45, 2.75) is 26.3 Å². The average Bonchev–Trinajstić information content (AvgIpc) is 3.20. The Hall–Kier alpha value is -2.70. The van der Waals surface area contributed by atoms with E-state index in [0.717, 1.165) is 24.2 Å². The molecular formula is C15H15N5O2. The lowest BCUT2D eigenvalue weighted by atomic mass is 10.3. The Morgan fingerprint density at radius 2 is 2.27 bits per heavy atom. The second-order valence-corrected chi connectivity index (χ2v) is 5.47. The summed E-state index contributed by atoms with van der Waals surface area (Å²) in [7, 11) is 0. The van der Waals surface area contributed by atoms with Crippen LogP contribution in [0.3, 0.4) is 0 Å². The number of likely N-dealkylation sites (tertiary alicyclic amines) is 1. The standard InChI is InChI=1S/C15H15N5O2/c1-10-4-2-5-11-8-12(17-20(10)11)15-16-13(18-22-15)9-19-7-3-6-14(19)21/h2,4-5,8H,3,6-7,9H2,1H3. The van der Waals surface area contributed by atoms with Crippen LogP contribution in [-0.2, 0) is 11.3 Å². The molecule has 1 fully saturated rings. The lowest BCUT2D eigenvalue weighted by Gasteiger charge is -2.11. The maximum Gasteiger partial charge on any atom is 0.278 e. The summed E-state index contributed by atoms with van der Waals surface area (Å²) in [6.07, 6.45) is 1.51. The van der Waals surface area contributed by atoms with Gasteiger partial charge in [-0.2, -0.15) is 10.1 Å².